The lowest BCUT2D eigenvalue weighted by molar-refractivity contribution is 0.328. The zero-order valence-electron chi connectivity index (χ0n) is 12.6. The van der Waals surface area contributed by atoms with Gasteiger partial charge in [0.1, 0.15) is 23.2 Å². The van der Waals surface area contributed by atoms with Crippen LogP contribution in [0.4, 0.5) is 0 Å². The molecular formula is C17H16N4O2. The van der Waals surface area contributed by atoms with Crippen molar-refractivity contribution in [2.75, 3.05) is 6.54 Å². The van der Waals surface area contributed by atoms with Gasteiger partial charge in [-0.1, -0.05) is 6.07 Å². The van der Waals surface area contributed by atoms with E-state index in [2.05, 4.69) is 9.97 Å². The molecule has 23 heavy (non-hydrogen) atoms. The lowest BCUT2D eigenvalue weighted by atomic mass is 10.2. The largest absolute Gasteiger partial charge is 0.510 e. The molecule has 4 rings (SSSR count). The lowest BCUT2D eigenvalue weighted by Crippen LogP contribution is -2.25. The molecule has 1 aliphatic heterocycles. The van der Waals surface area contributed by atoms with Gasteiger partial charge in [-0.3, -0.25) is 5.41 Å². The number of aromatic amines is 1. The summed E-state index contributed by atoms with van der Waals surface area (Å²) in [5, 5.41) is 18.7. The number of aryl methyl sites for hydroxylation is 1. The highest BCUT2D eigenvalue weighted by molar-refractivity contribution is 6.23. The van der Waals surface area contributed by atoms with Crippen LogP contribution in [-0.2, 0) is 6.54 Å². The number of benzene rings is 1. The molecule has 6 nitrogen and oxygen atoms in total. The number of nitrogens with one attached hydrogen (secondary N) is 2. The molecule has 0 unspecified atom stereocenters. The fourth-order valence-electron chi connectivity index (χ4n) is 2.85. The first-order valence-corrected chi connectivity index (χ1v) is 7.37. The van der Waals surface area contributed by atoms with Crippen molar-refractivity contribution in [3.63, 3.8) is 0 Å². The summed E-state index contributed by atoms with van der Waals surface area (Å²) in [6.45, 7) is 2.74. The second kappa shape index (κ2) is 5.01. The van der Waals surface area contributed by atoms with Crippen LogP contribution in [0.2, 0.25) is 0 Å². The van der Waals surface area contributed by atoms with Gasteiger partial charge in [0.25, 0.3) is 0 Å². The van der Waals surface area contributed by atoms with E-state index in [9.17, 15) is 5.11 Å². The smallest absolute Gasteiger partial charge is 0.145 e. The number of imidazole rings is 1. The zero-order valence-corrected chi connectivity index (χ0v) is 12.6. The van der Waals surface area contributed by atoms with Gasteiger partial charge in [0.2, 0.25) is 0 Å². The molecule has 0 saturated carbocycles. The molecule has 3 N–H and O–H groups in total. The molecule has 3 heterocycles. The maximum absolute atomic E-state index is 10.3. The van der Waals surface area contributed by atoms with Crippen LogP contribution >= 0.6 is 0 Å². The van der Waals surface area contributed by atoms with Gasteiger partial charge in [-0.2, -0.15) is 0 Å². The van der Waals surface area contributed by atoms with E-state index in [1.165, 1.54) is 0 Å². The molecule has 0 radical (unpaired) electrons. The molecule has 0 saturated heterocycles. The van der Waals surface area contributed by atoms with Crippen LogP contribution in [0.25, 0.3) is 16.6 Å². The van der Waals surface area contributed by atoms with Gasteiger partial charge in [0.05, 0.1) is 36.0 Å². The fraction of sp³-hybridized carbons (Fsp3) is 0.176. The first-order valence-electron chi connectivity index (χ1n) is 7.37. The number of aromatic nitrogens is 2. The molecule has 0 amide bonds. The highest BCUT2D eigenvalue weighted by Crippen LogP contribution is 2.28. The van der Waals surface area contributed by atoms with Crippen molar-refractivity contribution in [3.8, 4) is 0 Å². The number of nitrogens with zero attached hydrogens (tertiary/aromatic N) is 2. The Morgan fingerprint density at radius 2 is 2.26 bits per heavy atom. The number of fused-ring (bicyclic) bond motifs is 1. The molecule has 0 fully saturated rings. The minimum atomic E-state index is 0.150. The summed E-state index contributed by atoms with van der Waals surface area (Å²) in [7, 11) is 0. The highest BCUT2D eigenvalue weighted by atomic mass is 16.3. The van der Waals surface area contributed by atoms with Crippen LogP contribution in [0.1, 0.15) is 17.1 Å². The minimum Gasteiger partial charge on any atom is -0.510 e. The molecule has 1 aliphatic rings. The highest BCUT2D eigenvalue weighted by Gasteiger charge is 2.30. The van der Waals surface area contributed by atoms with Crippen LogP contribution in [0.15, 0.2) is 46.8 Å². The predicted molar refractivity (Wildman–Crippen MR) is 87.2 cm³/mol. The zero-order chi connectivity index (χ0) is 16.0. The minimum absolute atomic E-state index is 0.150. The monoisotopic (exact) mass is 308 g/mol. The van der Waals surface area contributed by atoms with Gasteiger partial charge >= 0.3 is 0 Å². The van der Waals surface area contributed by atoms with Crippen LogP contribution in [0.3, 0.4) is 0 Å². The molecule has 0 aliphatic carbocycles. The second-order valence-electron chi connectivity index (χ2n) is 5.71. The molecule has 1 aromatic carbocycles. The van der Waals surface area contributed by atoms with Crippen LogP contribution < -0.4 is 0 Å². The number of hydrogen-bond acceptors (Lipinski definition) is 4. The summed E-state index contributed by atoms with van der Waals surface area (Å²) in [6.07, 6.45) is 1.60. The Kier molecular flexibility index (Phi) is 2.97. The fourth-order valence-corrected chi connectivity index (χ4v) is 2.85. The Hall–Kier alpha value is -3.02. The standard InChI is InChI=1S/C17H16N4O2/c1-10-4-5-12-13(7-10)20-17(19-12)15-14(22)9-21(16(15)18)8-11-3-2-6-23-11/h2-7,18,22H,8-9H2,1H3,(H,19,20). The summed E-state index contributed by atoms with van der Waals surface area (Å²) in [5.41, 5.74) is 3.30. The molecule has 3 aromatic rings. The van der Waals surface area contributed by atoms with E-state index in [0.717, 1.165) is 22.4 Å². The van der Waals surface area contributed by atoms with Gasteiger partial charge in [-0.15, -0.1) is 0 Å². The third kappa shape index (κ3) is 2.28. The number of rotatable bonds is 3. The van der Waals surface area contributed by atoms with Gasteiger partial charge in [0.15, 0.2) is 0 Å². The van der Waals surface area contributed by atoms with Crippen molar-refractivity contribution >= 4 is 22.4 Å². The third-order valence-corrected chi connectivity index (χ3v) is 3.98. The first kappa shape index (κ1) is 13.6. The van der Waals surface area contributed by atoms with E-state index in [-0.39, 0.29) is 18.1 Å². The third-order valence-electron chi connectivity index (χ3n) is 3.98. The number of aliphatic hydroxyl groups is 1. The van der Waals surface area contributed by atoms with Gasteiger partial charge in [-0.05, 0) is 36.8 Å². The van der Waals surface area contributed by atoms with Crippen molar-refractivity contribution < 1.29 is 9.52 Å². The molecule has 2 aromatic heterocycles. The Morgan fingerprint density at radius 3 is 3.04 bits per heavy atom. The number of hydrogen-bond donors (Lipinski definition) is 3. The summed E-state index contributed by atoms with van der Waals surface area (Å²) in [6, 6.07) is 9.59. The molecule has 0 spiro atoms. The van der Waals surface area contributed by atoms with Gasteiger partial charge in [-0.25, -0.2) is 4.98 Å². The van der Waals surface area contributed by atoms with Gasteiger partial charge in [0, 0.05) is 0 Å². The Bertz CT molecular complexity index is 921. The second-order valence-corrected chi connectivity index (χ2v) is 5.71. The average molecular weight is 308 g/mol. The maximum atomic E-state index is 10.3. The molecule has 6 heteroatoms. The van der Waals surface area contributed by atoms with E-state index in [0.29, 0.717) is 17.9 Å². The SMILES string of the molecule is Cc1ccc2nc(C3=C(O)CN(Cc4ccco4)C3=N)[nH]c2c1. The van der Waals surface area contributed by atoms with Crippen molar-refractivity contribution in [3.05, 3.63) is 59.5 Å². The number of amidine groups is 1. The summed E-state index contributed by atoms with van der Waals surface area (Å²) < 4.78 is 5.32. The molecule has 0 atom stereocenters. The number of aliphatic hydroxyl groups excluding tert-OH is 1. The van der Waals surface area contributed by atoms with Crippen LogP contribution in [0.5, 0.6) is 0 Å². The normalized spacial score (nSPS) is 15.2. The average Bonchev–Trinajstić information content (AvgIpc) is 3.20. The Morgan fingerprint density at radius 1 is 1.39 bits per heavy atom. The van der Waals surface area contributed by atoms with Crippen molar-refractivity contribution in [1.29, 1.82) is 5.41 Å². The van der Waals surface area contributed by atoms with E-state index in [4.69, 9.17) is 9.83 Å². The summed E-state index contributed by atoms with van der Waals surface area (Å²) >= 11 is 0. The number of H-pyrrole nitrogens is 1. The summed E-state index contributed by atoms with van der Waals surface area (Å²) in [5.74, 6) is 1.67. The number of furan rings is 1. The maximum Gasteiger partial charge on any atom is 0.145 e. The lowest BCUT2D eigenvalue weighted by Gasteiger charge is -2.16. The first-order chi connectivity index (χ1) is 11.1. The van der Waals surface area contributed by atoms with E-state index in [1.54, 1.807) is 11.2 Å². The topological polar surface area (TPSA) is 89.1 Å². The Labute approximate surface area is 132 Å². The van der Waals surface area contributed by atoms with Crippen LogP contribution in [0, 0.1) is 12.3 Å². The van der Waals surface area contributed by atoms with E-state index >= 15 is 0 Å². The molecule has 116 valence electrons. The molecular weight excluding hydrogens is 292 g/mol. The van der Waals surface area contributed by atoms with Crippen molar-refractivity contribution in [2.24, 2.45) is 0 Å². The van der Waals surface area contributed by atoms with Crippen LogP contribution in [-0.4, -0.2) is 32.4 Å². The van der Waals surface area contributed by atoms with Crippen molar-refractivity contribution in [2.45, 2.75) is 13.5 Å². The van der Waals surface area contributed by atoms with E-state index < -0.39 is 0 Å². The van der Waals surface area contributed by atoms with Crippen molar-refractivity contribution in [1.82, 2.24) is 14.9 Å². The molecule has 0 bridgehead atoms. The van der Waals surface area contributed by atoms with Gasteiger partial charge < -0.3 is 19.4 Å². The van der Waals surface area contributed by atoms with E-state index in [1.807, 2.05) is 37.3 Å². The summed E-state index contributed by atoms with van der Waals surface area (Å²) in [4.78, 5) is 9.45. The quantitative estimate of drug-likeness (QED) is 0.693. The Balaban J connectivity index is 1.67. The predicted octanol–water partition coefficient (Wildman–Crippen LogP) is 3.23.